The first-order chi connectivity index (χ1) is 12.7. The Morgan fingerprint density at radius 2 is 1.89 bits per heavy atom. The first kappa shape index (κ1) is 19.2. The van der Waals surface area contributed by atoms with Gasteiger partial charge in [-0.2, -0.15) is 0 Å². The molecular weight excluding hydrogens is 369 g/mol. The smallest absolute Gasteiger partial charge is 0.254 e. The van der Waals surface area contributed by atoms with E-state index in [2.05, 4.69) is 4.72 Å². The molecule has 6 nitrogen and oxygen atoms in total. The third-order valence-electron chi connectivity index (χ3n) is 4.49. The second-order valence-corrected chi connectivity index (χ2v) is 8.45. The molecule has 8 heteroatoms. The molecule has 0 radical (unpaired) electrons. The molecule has 1 heterocycles. The van der Waals surface area contributed by atoms with Crippen molar-refractivity contribution in [1.29, 1.82) is 0 Å². The van der Waals surface area contributed by atoms with Gasteiger partial charge in [0.25, 0.3) is 5.91 Å². The van der Waals surface area contributed by atoms with Crippen molar-refractivity contribution in [3.63, 3.8) is 0 Å². The lowest BCUT2D eigenvalue weighted by Crippen LogP contribution is -2.54. The highest BCUT2D eigenvalue weighted by Gasteiger charge is 2.29. The molecule has 0 aromatic heterocycles. The van der Waals surface area contributed by atoms with Gasteiger partial charge in [-0.3, -0.25) is 9.52 Å². The molecule has 1 N–H and O–H groups in total. The minimum atomic E-state index is -3.41. The maximum absolute atomic E-state index is 14.0. The van der Waals surface area contributed by atoms with Gasteiger partial charge in [-0.1, -0.05) is 18.2 Å². The van der Waals surface area contributed by atoms with Gasteiger partial charge >= 0.3 is 0 Å². The number of hydrogen-bond donors (Lipinski definition) is 1. The van der Waals surface area contributed by atoms with Gasteiger partial charge in [0.2, 0.25) is 10.0 Å². The second kappa shape index (κ2) is 7.56. The fourth-order valence-electron chi connectivity index (χ4n) is 3.28. The Morgan fingerprint density at radius 3 is 2.56 bits per heavy atom. The van der Waals surface area contributed by atoms with Crippen molar-refractivity contribution in [3.8, 4) is 0 Å². The SMILES string of the molecule is C[C@H]1CN(c2ccccc2F)CCN1C(=O)c1cccc(NS(C)(=O)=O)c1. The lowest BCUT2D eigenvalue weighted by molar-refractivity contribution is 0.0674. The minimum Gasteiger partial charge on any atom is -0.365 e. The van der Waals surface area contributed by atoms with Crippen LogP contribution in [0.2, 0.25) is 0 Å². The van der Waals surface area contributed by atoms with Gasteiger partial charge in [0.05, 0.1) is 11.9 Å². The number of nitrogens with one attached hydrogen (secondary N) is 1. The van der Waals surface area contributed by atoms with Crippen LogP contribution in [0.3, 0.4) is 0 Å². The van der Waals surface area contributed by atoms with Crippen molar-refractivity contribution in [1.82, 2.24) is 4.90 Å². The summed E-state index contributed by atoms with van der Waals surface area (Å²) in [6.07, 6.45) is 1.06. The standard InChI is InChI=1S/C19H22FN3O3S/c1-14-13-22(18-9-4-3-8-17(18)20)10-11-23(14)19(24)15-6-5-7-16(12-15)21-27(2,25)26/h3-9,12,14,21H,10-11,13H2,1-2H3/t14-/m0/s1. The van der Waals surface area contributed by atoms with Crippen LogP contribution >= 0.6 is 0 Å². The van der Waals surface area contributed by atoms with Gasteiger partial charge in [-0.15, -0.1) is 0 Å². The number of carbonyl (C=O) groups is 1. The van der Waals surface area contributed by atoms with E-state index in [0.29, 0.717) is 36.6 Å². The number of nitrogens with zero attached hydrogens (tertiary/aromatic N) is 2. The molecule has 0 unspecified atom stereocenters. The topological polar surface area (TPSA) is 69.7 Å². The molecule has 1 aliphatic rings. The summed E-state index contributed by atoms with van der Waals surface area (Å²) < 4.78 is 39.2. The van der Waals surface area contributed by atoms with Crippen LogP contribution in [0.1, 0.15) is 17.3 Å². The van der Waals surface area contributed by atoms with Crippen molar-refractivity contribution >= 4 is 27.3 Å². The number of rotatable bonds is 4. The van der Waals surface area contributed by atoms with Gasteiger partial charge in [-0.05, 0) is 37.3 Å². The average molecular weight is 391 g/mol. The summed E-state index contributed by atoms with van der Waals surface area (Å²) in [5, 5.41) is 0. The van der Waals surface area contributed by atoms with Crippen LogP contribution in [-0.4, -0.2) is 51.2 Å². The fourth-order valence-corrected chi connectivity index (χ4v) is 3.84. The van der Waals surface area contributed by atoms with Crippen LogP contribution in [-0.2, 0) is 10.0 Å². The molecule has 0 spiro atoms. The lowest BCUT2D eigenvalue weighted by atomic mass is 10.1. The Kier molecular flexibility index (Phi) is 5.36. The third-order valence-corrected chi connectivity index (χ3v) is 5.10. The van der Waals surface area contributed by atoms with E-state index >= 15 is 0 Å². The van der Waals surface area contributed by atoms with Gasteiger partial charge in [0.1, 0.15) is 5.82 Å². The van der Waals surface area contributed by atoms with Crippen LogP contribution in [0.5, 0.6) is 0 Å². The van der Waals surface area contributed by atoms with Crippen molar-refractivity contribution in [2.24, 2.45) is 0 Å². The molecule has 1 atom stereocenters. The number of anilines is 2. The normalized spacial score (nSPS) is 17.7. The van der Waals surface area contributed by atoms with Crippen LogP contribution in [0.4, 0.5) is 15.8 Å². The number of sulfonamides is 1. The van der Waals surface area contributed by atoms with Gasteiger partial charge < -0.3 is 9.80 Å². The summed E-state index contributed by atoms with van der Waals surface area (Å²) in [5.74, 6) is -0.447. The van der Waals surface area contributed by atoms with Crippen molar-refractivity contribution in [2.75, 3.05) is 35.5 Å². The van der Waals surface area contributed by atoms with Crippen LogP contribution < -0.4 is 9.62 Å². The molecular formula is C19H22FN3O3S. The van der Waals surface area contributed by atoms with E-state index < -0.39 is 10.0 Å². The molecule has 2 aromatic carbocycles. The number of amides is 1. The summed E-state index contributed by atoms with van der Waals surface area (Å²) in [5.41, 5.74) is 1.30. The molecule has 1 fully saturated rings. The van der Waals surface area contributed by atoms with Crippen molar-refractivity contribution < 1.29 is 17.6 Å². The number of halogens is 1. The number of carbonyl (C=O) groups excluding carboxylic acids is 1. The van der Waals surface area contributed by atoms with E-state index in [1.54, 1.807) is 41.3 Å². The lowest BCUT2D eigenvalue weighted by Gasteiger charge is -2.41. The number of benzene rings is 2. The third kappa shape index (κ3) is 4.57. The first-order valence-electron chi connectivity index (χ1n) is 8.63. The summed E-state index contributed by atoms with van der Waals surface area (Å²) in [6.45, 7) is 3.42. The van der Waals surface area contributed by atoms with E-state index in [1.165, 1.54) is 12.1 Å². The molecule has 0 bridgehead atoms. The molecule has 144 valence electrons. The van der Waals surface area contributed by atoms with E-state index in [0.717, 1.165) is 6.26 Å². The molecule has 1 amide bonds. The largest absolute Gasteiger partial charge is 0.365 e. The summed E-state index contributed by atoms with van der Waals surface area (Å²) >= 11 is 0. The number of piperazine rings is 1. The first-order valence-corrected chi connectivity index (χ1v) is 10.5. The number of para-hydroxylation sites is 1. The summed E-state index contributed by atoms with van der Waals surface area (Å²) in [7, 11) is -3.41. The maximum atomic E-state index is 14.0. The summed E-state index contributed by atoms with van der Waals surface area (Å²) in [4.78, 5) is 16.6. The van der Waals surface area contributed by atoms with Crippen LogP contribution in [0.15, 0.2) is 48.5 Å². The van der Waals surface area contributed by atoms with E-state index in [-0.39, 0.29) is 17.8 Å². The minimum absolute atomic E-state index is 0.114. The number of hydrogen-bond acceptors (Lipinski definition) is 4. The second-order valence-electron chi connectivity index (χ2n) is 6.70. The Labute approximate surface area is 158 Å². The highest BCUT2D eigenvalue weighted by molar-refractivity contribution is 7.92. The van der Waals surface area contributed by atoms with Crippen molar-refractivity contribution in [2.45, 2.75) is 13.0 Å². The van der Waals surface area contributed by atoms with Gasteiger partial charge in [0.15, 0.2) is 0 Å². The van der Waals surface area contributed by atoms with Crippen molar-refractivity contribution in [3.05, 3.63) is 59.9 Å². The molecule has 2 aromatic rings. The predicted molar refractivity (Wildman–Crippen MR) is 104 cm³/mol. The average Bonchev–Trinajstić information content (AvgIpc) is 2.60. The molecule has 27 heavy (non-hydrogen) atoms. The highest BCUT2D eigenvalue weighted by Crippen LogP contribution is 2.23. The van der Waals surface area contributed by atoms with E-state index in [1.807, 2.05) is 11.8 Å². The Hall–Kier alpha value is -2.61. The van der Waals surface area contributed by atoms with Crippen LogP contribution in [0.25, 0.3) is 0 Å². The van der Waals surface area contributed by atoms with E-state index in [4.69, 9.17) is 0 Å². The molecule has 0 saturated carbocycles. The molecule has 1 saturated heterocycles. The highest BCUT2D eigenvalue weighted by atomic mass is 32.2. The van der Waals surface area contributed by atoms with Crippen LogP contribution in [0, 0.1) is 5.82 Å². The van der Waals surface area contributed by atoms with E-state index in [9.17, 15) is 17.6 Å². The quantitative estimate of drug-likeness (QED) is 0.870. The predicted octanol–water partition coefficient (Wildman–Crippen LogP) is 2.55. The van der Waals surface area contributed by atoms with Gasteiger partial charge in [0, 0.05) is 36.9 Å². The molecule has 3 rings (SSSR count). The zero-order valence-corrected chi connectivity index (χ0v) is 16.0. The molecule has 1 aliphatic heterocycles. The Morgan fingerprint density at radius 1 is 1.15 bits per heavy atom. The van der Waals surface area contributed by atoms with Gasteiger partial charge in [-0.25, -0.2) is 12.8 Å². The Balaban J connectivity index is 1.74. The fraction of sp³-hybridized carbons (Fsp3) is 0.316. The monoisotopic (exact) mass is 391 g/mol. The maximum Gasteiger partial charge on any atom is 0.254 e. The molecule has 0 aliphatic carbocycles. The summed E-state index contributed by atoms with van der Waals surface area (Å²) in [6, 6.07) is 12.9. The zero-order chi connectivity index (χ0) is 19.6. The Bertz CT molecular complexity index is 949. The zero-order valence-electron chi connectivity index (χ0n) is 15.2.